The molecule has 1 unspecified atom stereocenters. The number of halogens is 1. The number of nitrogens with two attached hydrogens (primary N) is 1. The summed E-state index contributed by atoms with van der Waals surface area (Å²) >= 11 is 0. The molecule has 3 aromatic carbocycles. The predicted octanol–water partition coefficient (Wildman–Crippen LogP) is 3.85. The summed E-state index contributed by atoms with van der Waals surface area (Å²) in [5, 5.41) is 10.8. The van der Waals surface area contributed by atoms with Crippen LogP contribution in [-0.2, 0) is 25.9 Å². The average Bonchev–Trinajstić information content (AvgIpc) is 2.95. The Kier molecular flexibility index (Phi) is 9.20. The number of ether oxygens (including phenoxy) is 2. The van der Waals surface area contributed by atoms with Gasteiger partial charge in [0.05, 0.1) is 23.6 Å². The van der Waals surface area contributed by atoms with Crippen molar-refractivity contribution in [3.8, 4) is 17.0 Å². The van der Waals surface area contributed by atoms with E-state index in [0.29, 0.717) is 11.6 Å². The average molecular weight is 596 g/mol. The molecule has 1 heterocycles. The molecule has 3 N–H and O–H groups in total. The van der Waals surface area contributed by atoms with Crippen molar-refractivity contribution in [1.29, 1.82) is 0 Å². The summed E-state index contributed by atoms with van der Waals surface area (Å²) in [6.07, 6.45) is -0.264. The number of benzene rings is 3. The van der Waals surface area contributed by atoms with Crippen LogP contribution in [0.25, 0.3) is 11.1 Å². The summed E-state index contributed by atoms with van der Waals surface area (Å²) in [5.74, 6) is -2.85. The zero-order valence-corrected chi connectivity index (χ0v) is 24.0. The molecule has 0 aliphatic heterocycles. The van der Waals surface area contributed by atoms with Crippen molar-refractivity contribution in [1.82, 2.24) is 9.55 Å². The first-order chi connectivity index (χ1) is 20.0. The van der Waals surface area contributed by atoms with Gasteiger partial charge in [-0.15, -0.1) is 0 Å². The molecule has 0 aliphatic carbocycles. The minimum atomic E-state index is -4.81. The molecular weight excluding hydrogens is 565 g/mol. The molecule has 4 aromatic rings. The van der Waals surface area contributed by atoms with Crippen LogP contribution in [0.5, 0.6) is 5.88 Å². The highest BCUT2D eigenvalue weighted by atomic mass is 32.2. The number of aromatic nitrogens is 2. The minimum Gasteiger partial charge on any atom is -0.492 e. The van der Waals surface area contributed by atoms with Crippen LogP contribution in [0.1, 0.15) is 41.6 Å². The number of hydrogen-bond donors (Lipinski definition) is 2. The van der Waals surface area contributed by atoms with Crippen molar-refractivity contribution in [2.75, 3.05) is 13.7 Å². The van der Waals surface area contributed by atoms with Crippen LogP contribution in [0.2, 0.25) is 0 Å². The quantitative estimate of drug-likeness (QED) is 0.265. The fourth-order valence-electron chi connectivity index (χ4n) is 4.53. The number of carbonyl (C=O) groups is 1. The fourth-order valence-corrected chi connectivity index (χ4v) is 5.89. The van der Waals surface area contributed by atoms with E-state index in [2.05, 4.69) is 4.98 Å². The Hall–Kier alpha value is -4.39. The number of rotatable bonds is 11. The highest BCUT2D eigenvalue weighted by molar-refractivity contribution is 7.91. The van der Waals surface area contributed by atoms with Crippen molar-refractivity contribution in [2.45, 2.75) is 42.4 Å². The molecule has 0 bridgehead atoms. The highest BCUT2D eigenvalue weighted by Crippen LogP contribution is 2.32. The first-order valence-corrected chi connectivity index (χ1v) is 14.4. The number of amides is 1. The first kappa shape index (κ1) is 30.6. The Morgan fingerprint density at radius 3 is 2.33 bits per heavy atom. The molecule has 220 valence electrons. The van der Waals surface area contributed by atoms with Gasteiger partial charge in [0.25, 0.3) is 5.56 Å². The van der Waals surface area contributed by atoms with Gasteiger partial charge in [-0.1, -0.05) is 54.6 Å². The van der Waals surface area contributed by atoms with Crippen LogP contribution in [-0.4, -0.2) is 48.8 Å². The third kappa shape index (κ3) is 6.10. The van der Waals surface area contributed by atoms with Crippen LogP contribution < -0.4 is 11.3 Å². The Balaban J connectivity index is 1.91. The van der Waals surface area contributed by atoms with Gasteiger partial charge in [0, 0.05) is 18.2 Å². The van der Waals surface area contributed by atoms with Gasteiger partial charge in [-0.3, -0.25) is 14.2 Å². The maximum absolute atomic E-state index is 15.4. The van der Waals surface area contributed by atoms with E-state index in [1.807, 2.05) is 0 Å². The van der Waals surface area contributed by atoms with E-state index in [1.54, 1.807) is 56.3 Å². The van der Waals surface area contributed by atoms with Crippen LogP contribution in [0.4, 0.5) is 4.39 Å². The summed E-state index contributed by atoms with van der Waals surface area (Å²) in [6.45, 7) is 3.29. The molecule has 1 amide bonds. The van der Waals surface area contributed by atoms with E-state index in [9.17, 15) is 23.1 Å². The number of aromatic hydroxyl groups is 1. The van der Waals surface area contributed by atoms with E-state index in [-0.39, 0.29) is 41.8 Å². The molecule has 0 aliphatic rings. The second-order valence-electron chi connectivity index (χ2n) is 9.65. The Morgan fingerprint density at radius 1 is 1.05 bits per heavy atom. The lowest BCUT2D eigenvalue weighted by Crippen LogP contribution is -2.35. The molecule has 1 aromatic heterocycles. The molecule has 42 heavy (non-hydrogen) atoms. The normalized spacial score (nSPS) is 12.4. The lowest BCUT2D eigenvalue weighted by Gasteiger charge is -2.24. The molecule has 1 atom stereocenters. The molecular formula is C30H30FN3O7S. The third-order valence-corrected chi connectivity index (χ3v) is 8.27. The number of carbonyl (C=O) groups excluding carboxylic acids is 1. The van der Waals surface area contributed by atoms with Crippen LogP contribution in [0.15, 0.2) is 87.4 Å². The zero-order chi connectivity index (χ0) is 30.6. The summed E-state index contributed by atoms with van der Waals surface area (Å²) in [4.78, 5) is 28.3. The van der Waals surface area contributed by atoms with Gasteiger partial charge in [0.2, 0.25) is 21.6 Å². The first-order valence-electron chi connectivity index (χ1n) is 12.9. The number of hydrogen-bond acceptors (Lipinski definition) is 8. The van der Waals surface area contributed by atoms with E-state index < -0.39 is 48.8 Å². The van der Waals surface area contributed by atoms with Gasteiger partial charge in [-0.2, -0.15) is 4.98 Å². The lowest BCUT2D eigenvalue weighted by molar-refractivity contribution is 0.0557. The molecule has 0 saturated heterocycles. The Bertz CT molecular complexity index is 1770. The Morgan fingerprint density at radius 2 is 1.71 bits per heavy atom. The van der Waals surface area contributed by atoms with Crippen molar-refractivity contribution in [3.63, 3.8) is 0 Å². The molecule has 10 nitrogen and oxygen atoms in total. The maximum Gasteiger partial charge on any atom is 0.277 e. The van der Waals surface area contributed by atoms with Crippen LogP contribution in [0, 0.1) is 5.82 Å². The van der Waals surface area contributed by atoms with E-state index in [4.69, 9.17) is 15.2 Å². The molecule has 0 saturated carbocycles. The summed E-state index contributed by atoms with van der Waals surface area (Å²) in [5.41, 5.74) is 5.08. The van der Waals surface area contributed by atoms with Crippen molar-refractivity contribution < 1.29 is 32.2 Å². The molecule has 0 radical (unpaired) electrons. The van der Waals surface area contributed by atoms with Gasteiger partial charge in [-0.25, -0.2) is 12.8 Å². The van der Waals surface area contributed by atoms with Crippen molar-refractivity contribution in [3.05, 3.63) is 106 Å². The molecule has 4 rings (SSSR count). The smallest absolute Gasteiger partial charge is 0.277 e. The second kappa shape index (κ2) is 12.6. The van der Waals surface area contributed by atoms with E-state index in [1.165, 1.54) is 19.2 Å². The summed E-state index contributed by atoms with van der Waals surface area (Å²) in [6, 6.07) is 16.9. The van der Waals surface area contributed by atoms with Gasteiger partial charge >= 0.3 is 0 Å². The van der Waals surface area contributed by atoms with Crippen LogP contribution in [0.3, 0.4) is 0 Å². The Labute approximate surface area is 242 Å². The molecule has 0 spiro atoms. The minimum absolute atomic E-state index is 0.0272. The van der Waals surface area contributed by atoms with Gasteiger partial charge in [-0.05, 0) is 43.2 Å². The SMILES string of the molecule is COCC(c1ccccc1)n1c(COC(C)C)nc(O)c(S(=O)(=O)c2ccc(-c3ccccc3C(N)=O)c(F)c2)c1=O. The summed E-state index contributed by atoms with van der Waals surface area (Å²) < 4.78 is 55.1. The standard InChI is InChI=1S/C30H30FN3O7S/c1-18(2)41-17-26-33-29(36)27(30(37)34(26)25(16-40-3)19-9-5-4-6-10-19)42(38,39)20-13-14-22(24(31)15-20)21-11-7-8-12-23(21)28(32)35/h4-15,18,25,36H,16-17H2,1-3H3,(H2,32,35). The number of primary amides is 1. The van der Waals surface area contributed by atoms with Crippen molar-refractivity contribution >= 4 is 15.7 Å². The lowest BCUT2D eigenvalue weighted by atomic mass is 9.99. The number of methoxy groups -OCH3 is 1. The van der Waals surface area contributed by atoms with Gasteiger partial charge in [0.1, 0.15) is 18.2 Å². The largest absolute Gasteiger partial charge is 0.492 e. The van der Waals surface area contributed by atoms with Crippen LogP contribution >= 0.6 is 0 Å². The number of sulfone groups is 1. The zero-order valence-electron chi connectivity index (χ0n) is 23.2. The van der Waals surface area contributed by atoms with Gasteiger partial charge < -0.3 is 20.3 Å². The fraction of sp³-hybridized carbons (Fsp3) is 0.233. The number of nitrogens with zero attached hydrogens (tertiary/aromatic N) is 2. The predicted molar refractivity (Wildman–Crippen MR) is 152 cm³/mol. The summed E-state index contributed by atoms with van der Waals surface area (Å²) in [7, 11) is -3.38. The van der Waals surface area contributed by atoms with E-state index >= 15 is 4.39 Å². The topological polar surface area (TPSA) is 151 Å². The molecule has 0 fully saturated rings. The molecule has 12 heteroatoms. The van der Waals surface area contributed by atoms with E-state index in [0.717, 1.165) is 16.7 Å². The monoisotopic (exact) mass is 595 g/mol. The maximum atomic E-state index is 15.4. The highest BCUT2D eigenvalue weighted by Gasteiger charge is 2.33. The second-order valence-corrected chi connectivity index (χ2v) is 11.5. The third-order valence-electron chi connectivity index (χ3n) is 6.50. The van der Waals surface area contributed by atoms with Crippen molar-refractivity contribution in [2.24, 2.45) is 5.73 Å². The van der Waals surface area contributed by atoms with Gasteiger partial charge in [0.15, 0.2) is 4.90 Å².